The van der Waals surface area contributed by atoms with Crippen LogP contribution in [0.5, 0.6) is 11.5 Å². The van der Waals surface area contributed by atoms with Gasteiger partial charge in [-0.3, -0.25) is 19.7 Å². The van der Waals surface area contributed by atoms with Crippen LogP contribution in [-0.4, -0.2) is 41.4 Å². The average molecular weight is 613 g/mol. The van der Waals surface area contributed by atoms with Crippen molar-refractivity contribution in [3.8, 4) is 11.5 Å². The van der Waals surface area contributed by atoms with Gasteiger partial charge in [0.25, 0.3) is 17.5 Å². The van der Waals surface area contributed by atoms with Gasteiger partial charge in [-0.25, -0.2) is 5.43 Å². The van der Waals surface area contributed by atoms with E-state index in [0.29, 0.717) is 36.0 Å². The number of ether oxygens (including phenoxy) is 2. The van der Waals surface area contributed by atoms with Crippen molar-refractivity contribution in [3.05, 3.63) is 135 Å². The van der Waals surface area contributed by atoms with Crippen LogP contribution in [0.3, 0.4) is 0 Å². The van der Waals surface area contributed by atoms with Crippen molar-refractivity contribution in [3.63, 3.8) is 0 Å². The van der Waals surface area contributed by atoms with Crippen LogP contribution in [0.4, 0.5) is 5.69 Å². The van der Waals surface area contributed by atoms with Crippen molar-refractivity contribution in [2.24, 2.45) is 5.10 Å². The number of nitro groups is 1. The third kappa shape index (κ3) is 9.70. The molecule has 1 atom stereocenters. The quantitative estimate of drug-likeness (QED) is 0.0992. The largest absolute Gasteiger partial charge is 0.490 e. The first-order valence-electron chi connectivity index (χ1n) is 13.9. The van der Waals surface area contributed by atoms with E-state index in [1.807, 2.05) is 67.6 Å². The van der Waals surface area contributed by atoms with E-state index in [9.17, 15) is 19.7 Å². The van der Waals surface area contributed by atoms with Crippen molar-refractivity contribution in [1.82, 2.24) is 10.7 Å². The lowest BCUT2D eigenvalue weighted by Crippen LogP contribution is -2.47. The number of nitrogens with one attached hydrogen (secondary N) is 2. The van der Waals surface area contributed by atoms with Crippen LogP contribution >= 0.6 is 11.8 Å². The molecule has 2 N–H and O–H groups in total. The van der Waals surface area contributed by atoms with E-state index in [-0.39, 0.29) is 17.0 Å². The van der Waals surface area contributed by atoms with Crippen LogP contribution in [0.1, 0.15) is 34.0 Å². The number of benzene rings is 4. The molecular weight excluding hydrogens is 580 g/mol. The van der Waals surface area contributed by atoms with Gasteiger partial charge in [-0.2, -0.15) is 16.9 Å². The van der Waals surface area contributed by atoms with Gasteiger partial charge in [0.05, 0.1) is 17.7 Å². The number of rotatable bonds is 15. The Morgan fingerprint density at radius 1 is 0.909 bits per heavy atom. The molecule has 2 amide bonds. The summed E-state index contributed by atoms with van der Waals surface area (Å²) in [4.78, 5) is 36.5. The first-order valence-corrected chi connectivity index (χ1v) is 15.0. The molecule has 1 unspecified atom stereocenters. The number of hydrogen-bond acceptors (Lipinski definition) is 8. The predicted octanol–water partition coefficient (Wildman–Crippen LogP) is 5.75. The Labute approximate surface area is 259 Å². The van der Waals surface area contributed by atoms with E-state index in [4.69, 9.17) is 9.47 Å². The summed E-state index contributed by atoms with van der Waals surface area (Å²) in [6.07, 6.45) is 1.48. The second-order valence-electron chi connectivity index (χ2n) is 9.48. The maximum Gasteiger partial charge on any atom is 0.269 e. The van der Waals surface area contributed by atoms with Crippen molar-refractivity contribution < 1.29 is 24.0 Å². The third-order valence-electron chi connectivity index (χ3n) is 6.25. The Morgan fingerprint density at radius 2 is 1.59 bits per heavy atom. The van der Waals surface area contributed by atoms with Crippen LogP contribution < -0.4 is 20.2 Å². The van der Waals surface area contributed by atoms with Gasteiger partial charge in [0, 0.05) is 29.2 Å². The lowest BCUT2D eigenvalue weighted by molar-refractivity contribution is -0.384. The lowest BCUT2D eigenvalue weighted by Gasteiger charge is -2.17. The number of carbonyl (C=O) groups is 2. The predicted molar refractivity (Wildman–Crippen MR) is 171 cm³/mol. The van der Waals surface area contributed by atoms with Gasteiger partial charge in [0.15, 0.2) is 11.5 Å². The van der Waals surface area contributed by atoms with Gasteiger partial charge in [0.1, 0.15) is 12.6 Å². The molecule has 0 spiro atoms. The van der Waals surface area contributed by atoms with E-state index >= 15 is 0 Å². The standard InChI is InChI=1S/C33H32N4O6S/c1-2-42-31-19-26(13-18-30(31)43-21-24-9-5-3-6-10-24)20-34-36-33(39)29(23-44-22-25-11-7-4-8-12-25)35-32(38)27-14-16-28(17-15-27)37(40)41/h3-20,29H,2,21-23H2,1H3,(H,35,38)(H,36,39)/b34-20+. The van der Waals surface area contributed by atoms with Crippen LogP contribution in [0.15, 0.2) is 108 Å². The molecule has 0 bridgehead atoms. The average Bonchev–Trinajstić information content (AvgIpc) is 3.05. The monoisotopic (exact) mass is 612 g/mol. The molecule has 4 aromatic carbocycles. The number of carbonyl (C=O) groups excluding carboxylic acids is 2. The Hall–Kier alpha value is -5.16. The number of amides is 2. The van der Waals surface area contributed by atoms with Crippen LogP contribution in [0.25, 0.3) is 0 Å². The minimum Gasteiger partial charge on any atom is -0.490 e. The van der Waals surface area contributed by atoms with E-state index in [1.54, 1.807) is 18.2 Å². The summed E-state index contributed by atoms with van der Waals surface area (Å²) in [5, 5.41) is 17.8. The van der Waals surface area contributed by atoms with Gasteiger partial charge >= 0.3 is 0 Å². The highest BCUT2D eigenvalue weighted by Crippen LogP contribution is 2.29. The summed E-state index contributed by atoms with van der Waals surface area (Å²) in [7, 11) is 0. The minimum atomic E-state index is -0.920. The van der Waals surface area contributed by atoms with E-state index in [1.165, 1.54) is 42.2 Å². The Kier molecular flexibility index (Phi) is 11.9. The fraction of sp³-hybridized carbons (Fsp3) is 0.182. The van der Waals surface area contributed by atoms with Gasteiger partial charge in [-0.05, 0) is 53.9 Å². The normalized spacial score (nSPS) is 11.5. The Bertz CT molecular complexity index is 1570. The first kappa shape index (κ1) is 31.8. The highest BCUT2D eigenvalue weighted by atomic mass is 32.2. The summed E-state index contributed by atoms with van der Waals surface area (Å²) >= 11 is 1.48. The smallest absolute Gasteiger partial charge is 0.269 e. The first-order chi connectivity index (χ1) is 21.4. The van der Waals surface area contributed by atoms with Gasteiger partial charge < -0.3 is 14.8 Å². The van der Waals surface area contributed by atoms with E-state index < -0.39 is 22.8 Å². The Balaban J connectivity index is 1.41. The summed E-state index contributed by atoms with van der Waals surface area (Å²) in [6, 6.07) is 29.2. The minimum absolute atomic E-state index is 0.133. The molecule has 4 aromatic rings. The van der Waals surface area contributed by atoms with Gasteiger partial charge in [0.2, 0.25) is 0 Å². The van der Waals surface area contributed by atoms with E-state index in [2.05, 4.69) is 15.8 Å². The molecule has 0 aliphatic carbocycles. The van der Waals surface area contributed by atoms with Gasteiger partial charge in [-0.1, -0.05) is 60.7 Å². The molecule has 0 aromatic heterocycles. The third-order valence-corrected chi connectivity index (χ3v) is 7.36. The van der Waals surface area contributed by atoms with Crippen LogP contribution in [0, 0.1) is 10.1 Å². The fourth-order valence-corrected chi connectivity index (χ4v) is 5.02. The van der Waals surface area contributed by atoms with Crippen LogP contribution in [0.2, 0.25) is 0 Å². The number of thioether (sulfide) groups is 1. The number of hydrazone groups is 1. The van der Waals surface area contributed by atoms with Gasteiger partial charge in [-0.15, -0.1) is 0 Å². The summed E-state index contributed by atoms with van der Waals surface area (Å²) in [5.74, 6) is 1.00. The number of nitrogens with zero attached hydrogens (tertiary/aromatic N) is 2. The molecule has 0 radical (unpaired) electrons. The molecule has 10 nitrogen and oxygen atoms in total. The number of non-ortho nitro benzene ring substituents is 1. The van der Waals surface area contributed by atoms with Crippen LogP contribution in [-0.2, 0) is 17.2 Å². The maximum absolute atomic E-state index is 13.1. The molecule has 0 saturated carbocycles. The SMILES string of the molecule is CCOc1cc(/C=N/NC(=O)C(CSCc2ccccc2)NC(=O)c2ccc([N+](=O)[O-])cc2)ccc1OCc1ccccc1. The van der Waals surface area contributed by atoms with Crippen molar-refractivity contribution in [1.29, 1.82) is 0 Å². The fourth-order valence-electron chi connectivity index (χ4n) is 4.00. The molecule has 4 rings (SSSR count). The van der Waals surface area contributed by atoms with E-state index in [0.717, 1.165) is 11.1 Å². The molecule has 11 heteroatoms. The molecule has 0 heterocycles. The van der Waals surface area contributed by atoms with Crippen molar-refractivity contribution in [2.45, 2.75) is 25.3 Å². The molecule has 0 aliphatic heterocycles. The van der Waals surface area contributed by atoms with Crippen molar-refractivity contribution >= 4 is 35.5 Å². The molecule has 0 saturated heterocycles. The summed E-state index contributed by atoms with van der Waals surface area (Å²) in [6.45, 7) is 2.71. The zero-order valence-electron chi connectivity index (χ0n) is 24.1. The lowest BCUT2D eigenvalue weighted by atomic mass is 10.2. The second kappa shape index (κ2) is 16.5. The maximum atomic E-state index is 13.1. The summed E-state index contributed by atoms with van der Waals surface area (Å²) in [5.41, 5.74) is 5.36. The number of nitro benzene ring substituents is 1. The molecule has 44 heavy (non-hydrogen) atoms. The topological polar surface area (TPSA) is 132 Å². The highest BCUT2D eigenvalue weighted by molar-refractivity contribution is 7.98. The molecule has 0 fully saturated rings. The highest BCUT2D eigenvalue weighted by Gasteiger charge is 2.22. The molecule has 226 valence electrons. The summed E-state index contributed by atoms with van der Waals surface area (Å²) < 4.78 is 11.7. The number of hydrogen-bond donors (Lipinski definition) is 2. The molecule has 0 aliphatic rings. The zero-order chi connectivity index (χ0) is 31.1. The van der Waals surface area contributed by atoms with Crippen molar-refractivity contribution in [2.75, 3.05) is 12.4 Å². The Morgan fingerprint density at radius 3 is 2.25 bits per heavy atom. The molecular formula is C33H32N4O6S. The second-order valence-corrected chi connectivity index (χ2v) is 10.5. The zero-order valence-corrected chi connectivity index (χ0v) is 24.9.